The monoisotopic (exact) mass is 222 g/mol. The Bertz CT molecular complexity index is 275. The fourth-order valence-electron chi connectivity index (χ4n) is 2.88. The van der Waals surface area contributed by atoms with Crippen LogP contribution >= 0.6 is 0 Å². The zero-order valence-corrected chi connectivity index (χ0v) is 9.82. The summed E-state index contributed by atoms with van der Waals surface area (Å²) < 4.78 is 0. The van der Waals surface area contributed by atoms with E-state index in [1.807, 2.05) is 0 Å². The predicted molar refractivity (Wildman–Crippen MR) is 64.8 cm³/mol. The van der Waals surface area contributed by atoms with E-state index >= 15 is 0 Å². The molecule has 0 aromatic rings. The highest BCUT2D eigenvalue weighted by molar-refractivity contribution is 5.76. The first kappa shape index (κ1) is 11.6. The lowest BCUT2D eigenvalue weighted by Gasteiger charge is -2.20. The third kappa shape index (κ3) is 2.85. The fourth-order valence-corrected chi connectivity index (χ4v) is 2.88. The summed E-state index contributed by atoms with van der Waals surface area (Å²) in [4.78, 5) is 11.8. The van der Waals surface area contributed by atoms with Crippen LogP contribution < -0.4 is 11.1 Å². The Balaban J connectivity index is 1.75. The molecule has 1 amide bonds. The number of hydrogen-bond donors (Lipinski definition) is 2. The maximum atomic E-state index is 11.8. The first-order chi connectivity index (χ1) is 7.79. The Morgan fingerprint density at radius 2 is 2.25 bits per heavy atom. The molecule has 0 radical (unpaired) electrons. The Hall–Kier alpha value is -0.830. The van der Waals surface area contributed by atoms with E-state index in [0.717, 1.165) is 19.3 Å². The lowest BCUT2D eigenvalue weighted by Crippen LogP contribution is -2.40. The second kappa shape index (κ2) is 5.48. The van der Waals surface area contributed by atoms with Gasteiger partial charge in [0.2, 0.25) is 5.91 Å². The van der Waals surface area contributed by atoms with Gasteiger partial charge in [-0.05, 0) is 44.1 Å². The van der Waals surface area contributed by atoms with Gasteiger partial charge in [0.25, 0.3) is 0 Å². The van der Waals surface area contributed by atoms with Crippen molar-refractivity contribution in [3.05, 3.63) is 12.2 Å². The second-order valence-electron chi connectivity index (χ2n) is 5.07. The molecule has 2 rings (SSSR count). The molecule has 90 valence electrons. The van der Waals surface area contributed by atoms with E-state index in [1.165, 1.54) is 12.8 Å². The molecule has 0 heterocycles. The van der Waals surface area contributed by atoms with E-state index in [1.54, 1.807) is 0 Å². The predicted octanol–water partition coefficient (Wildman–Crippen LogP) is 1.59. The van der Waals surface area contributed by atoms with Crippen molar-refractivity contribution in [3.8, 4) is 0 Å². The third-order valence-electron chi connectivity index (χ3n) is 3.87. The number of hydrogen-bond acceptors (Lipinski definition) is 2. The molecule has 1 fully saturated rings. The topological polar surface area (TPSA) is 55.1 Å². The SMILES string of the molecule is NCC1CCCC1NC(=O)CC1C=CCC1. The van der Waals surface area contributed by atoms with E-state index in [2.05, 4.69) is 17.5 Å². The van der Waals surface area contributed by atoms with Crippen molar-refractivity contribution in [2.45, 2.75) is 44.6 Å². The quantitative estimate of drug-likeness (QED) is 0.710. The largest absolute Gasteiger partial charge is 0.353 e. The van der Waals surface area contributed by atoms with Crippen molar-refractivity contribution in [2.24, 2.45) is 17.6 Å². The molecule has 0 aromatic carbocycles. The lowest BCUT2D eigenvalue weighted by atomic mass is 10.0. The van der Waals surface area contributed by atoms with Gasteiger partial charge in [0.1, 0.15) is 0 Å². The zero-order valence-electron chi connectivity index (χ0n) is 9.82. The summed E-state index contributed by atoms with van der Waals surface area (Å²) in [6, 6.07) is 0.336. The molecule has 0 aromatic heterocycles. The van der Waals surface area contributed by atoms with Gasteiger partial charge in [-0.1, -0.05) is 18.6 Å². The van der Waals surface area contributed by atoms with Gasteiger partial charge in [-0.2, -0.15) is 0 Å². The molecular formula is C13H22N2O. The van der Waals surface area contributed by atoms with Crippen LogP contribution in [0.5, 0.6) is 0 Å². The Kier molecular flexibility index (Phi) is 3.99. The molecular weight excluding hydrogens is 200 g/mol. The molecule has 2 aliphatic rings. The van der Waals surface area contributed by atoms with Crippen LogP contribution in [0.1, 0.15) is 38.5 Å². The van der Waals surface area contributed by atoms with Gasteiger partial charge in [0, 0.05) is 12.5 Å². The average Bonchev–Trinajstić information content (AvgIpc) is 2.88. The number of carbonyl (C=O) groups is 1. The van der Waals surface area contributed by atoms with Crippen LogP contribution in [0, 0.1) is 11.8 Å². The third-order valence-corrected chi connectivity index (χ3v) is 3.87. The van der Waals surface area contributed by atoms with E-state index in [-0.39, 0.29) is 5.91 Å². The molecule has 1 saturated carbocycles. The van der Waals surface area contributed by atoms with Crippen molar-refractivity contribution in [2.75, 3.05) is 6.54 Å². The van der Waals surface area contributed by atoms with Gasteiger partial charge >= 0.3 is 0 Å². The fraction of sp³-hybridized carbons (Fsp3) is 0.769. The van der Waals surface area contributed by atoms with Crippen molar-refractivity contribution < 1.29 is 4.79 Å². The first-order valence-electron chi connectivity index (χ1n) is 6.45. The first-order valence-corrected chi connectivity index (χ1v) is 6.45. The number of amides is 1. The van der Waals surface area contributed by atoms with Crippen LogP contribution in [-0.2, 0) is 4.79 Å². The van der Waals surface area contributed by atoms with Crippen LogP contribution in [0.2, 0.25) is 0 Å². The van der Waals surface area contributed by atoms with Crippen molar-refractivity contribution >= 4 is 5.91 Å². The van der Waals surface area contributed by atoms with E-state index in [9.17, 15) is 4.79 Å². The molecule has 0 saturated heterocycles. The van der Waals surface area contributed by atoms with Gasteiger partial charge in [0.05, 0.1) is 0 Å². The minimum absolute atomic E-state index is 0.210. The Labute approximate surface area is 97.5 Å². The minimum atomic E-state index is 0.210. The Morgan fingerprint density at radius 1 is 1.38 bits per heavy atom. The number of nitrogens with one attached hydrogen (secondary N) is 1. The Morgan fingerprint density at radius 3 is 2.94 bits per heavy atom. The maximum Gasteiger partial charge on any atom is 0.220 e. The van der Waals surface area contributed by atoms with Gasteiger partial charge in [0.15, 0.2) is 0 Å². The molecule has 3 nitrogen and oxygen atoms in total. The number of nitrogens with two attached hydrogens (primary N) is 1. The maximum absolute atomic E-state index is 11.8. The van der Waals surface area contributed by atoms with Gasteiger partial charge in [-0.25, -0.2) is 0 Å². The van der Waals surface area contributed by atoms with Crippen molar-refractivity contribution in [3.63, 3.8) is 0 Å². The highest BCUT2D eigenvalue weighted by atomic mass is 16.1. The molecule has 3 heteroatoms. The molecule has 3 atom stereocenters. The van der Waals surface area contributed by atoms with Crippen LogP contribution in [0.25, 0.3) is 0 Å². The summed E-state index contributed by atoms with van der Waals surface area (Å²) in [5.74, 6) is 1.18. The van der Waals surface area contributed by atoms with Crippen molar-refractivity contribution in [1.82, 2.24) is 5.32 Å². The van der Waals surface area contributed by atoms with Crippen LogP contribution in [-0.4, -0.2) is 18.5 Å². The van der Waals surface area contributed by atoms with Crippen LogP contribution in [0.15, 0.2) is 12.2 Å². The van der Waals surface area contributed by atoms with Gasteiger partial charge < -0.3 is 11.1 Å². The van der Waals surface area contributed by atoms with Gasteiger partial charge in [-0.3, -0.25) is 4.79 Å². The summed E-state index contributed by atoms with van der Waals surface area (Å²) in [7, 11) is 0. The van der Waals surface area contributed by atoms with Crippen LogP contribution in [0.3, 0.4) is 0 Å². The van der Waals surface area contributed by atoms with Crippen molar-refractivity contribution in [1.29, 1.82) is 0 Å². The highest BCUT2D eigenvalue weighted by Crippen LogP contribution is 2.25. The summed E-state index contributed by atoms with van der Waals surface area (Å²) in [5, 5.41) is 3.15. The molecule has 16 heavy (non-hydrogen) atoms. The summed E-state index contributed by atoms with van der Waals surface area (Å²) in [5.41, 5.74) is 5.70. The van der Waals surface area contributed by atoms with Gasteiger partial charge in [-0.15, -0.1) is 0 Å². The molecule has 3 N–H and O–H groups in total. The lowest BCUT2D eigenvalue weighted by molar-refractivity contribution is -0.122. The number of allylic oxidation sites excluding steroid dienone is 2. The minimum Gasteiger partial charge on any atom is -0.353 e. The zero-order chi connectivity index (χ0) is 11.4. The normalized spacial score (nSPS) is 33.2. The smallest absolute Gasteiger partial charge is 0.220 e. The summed E-state index contributed by atoms with van der Waals surface area (Å²) in [6.07, 6.45) is 10.8. The van der Waals surface area contributed by atoms with Crippen LogP contribution in [0.4, 0.5) is 0 Å². The second-order valence-corrected chi connectivity index (χ2v) is 5.07. The molecule has 0 bridgehead atoms. The highest BCUT2D eigenvalue weighted by Gasteiger charge is 2.27. The average molecular weight is 222 g/mol. The molecule has 0 spiro atoms. The van der Waals surface area contributed by atoms with E-state index in [0.29, 0.717) is 30.8 Å². The number of rotatable bonds is 4. The molecule has 0 aliphatic heterocycles. The molecule has 3 unspecified atom stereocenters. The van der Waals surface area contributed by atoms with E-state index < -0.39 is 0 Å². The summed E-state index contributed by atoms with van der Waals surface area (Å²) >= 11 is 0. The standard InChI is InChI=1S/C13H22N2O/c14-9-11-6-3-7-12(11)15-13(16)8-10-4-1-2-5-10/h1,4,10-12H,2-3,5-9,14H2,(H,15,16). The number of carbonyl (C=O) groups excluding carboxylic acids is 1. The summed E-state index contributed by atoms with van der Waals surface area (Å²) in [6.45, 7) is 0.703. The molecule has 2 aliphatic carbocycles. The van der Waals surface area contributed by atoms with E-state index in [4.69, 9.17) is 5.73 Å².